The van der Waals surface area contributed by atoms with Crippen molar-refractivity contribution in [1.82, 2.24) is 24.8 Å². The van der Waals surface area contributed by atoms with E-state index in [1.165, 1.54) is 5.56 Å². The summed E-state index contributed by atoms with van der Waals surface area (Å²) in [5.74, 6) is 2.49. The lowest BCUT2D eigenvalue weighted by atomic mass is 10.0. The van der Waals surface area contributed by atoms with Crippen LogP contribution in [0.3, 0.4) is 0 Å². The standard InChI is InChI=1S/C22H26N6O/c1-15(2)20-25-19-17(9-10-24-22(19)29)21(26-20)27(3)14-18-23-11-12-28(18)13-16-7-5-4-6-8-16/h4-8,11-12,15H,9-10,13-14H2,1-3H3,(H,24,29). The summed E-state index contributed by atoms with van der Waals surface area (Å²) in [5, 5.41) is 2.89. The molecule has 0 unspecified atom stereocenters. The summed E-state index contributed by atoms with van der Waals surface area (Å²) in [7, 11) is 2.00. The Hall–Kier alpha value is -3.22. The highest BCUT2D eigenvalue weighted by atomic mass is 16.1. The van der Waals surface area contributed by atoms with Gasteiger partial charge in [0.2, 0.25) is 0 Å². The molecule has 0 spiro atoms. The maximum absolute atomic E-state index is 12.4. The molecule has 0 radical (unpaired) electrons. The predicted molar refractivity (Wildman–Crippen MR) is 112 cm³/mol. The first-order valence-electron chi connectivity index (χ1n) is 9.97. The maximum Gasteiger partial charge on any atom is 0.270 e. The lowest BCUT2D eigenvalue weighted by Crippen LogP contribution is -2.35. The Labute approximate surface area is 170 Å². The van der Waals surface area contributed by atoms with Gasteiger partial charge in [-0.15, -0.1) is 0 Å². The number of benzene rings is 1. The van der Waals surface area contributed by atoms with E-state index < -0.39 is 0 Å². The van der Waals surface area contributed by atoms with Crippen LogP contribution in [0.1, 0.15) is 53.0 Å². The molecule has 1 N–H and O–H groups in total. The average Bonchev–Trinajstić information content (AvgIpc) is 3.14. The van der Waals surface area contributed by atoms with Crippen LogP contribution in [0.4, 0.5) is 5.82 Å². The van der Waals surface area contributed by atoms with Gasteiger partial charge >= 0.3 is 0 Å². The molecule has 4 rings (SSSR count). The van der Waals surface area contributed by atoms with Crippen molar-refractivity contribution in [2.24, 2.45) is 0 Å². The van der Waals surface area contributed by atoms with Crippen molar-refractivity contribution < 1.29 is 4.79 Å². The fourth-order valence-electron chi connectivity index (χ4n) is 3.57. The molecule has 150 valence electrons. The summed E-state index contributed by atoms with van der Waals surface area (Å²) in [6, 6.07) is 10.3. The van der Waals surface area contributed by atoms with Crippen LogP contribution >= 0.6 is 0 Å². The number of nitrogens with zero attached hydrogens (tertiary/aromatic N) is 5. The normalized spacial score (nSPS) is 13.3. The Morgan fingerprint density at radius 1 is 1.21 bits per heavy atom. The van der Waals surface area contributed by atoms with Gasteiger partial charge in [-0.2, -0.15) is 0 Å². The molecule has 0 aliphatic carbocycles. The number of carbonyl (C=O) groups excluding carboxylic acids is 1. The van der Waals surface area contributed by atoms with E-state index >= 15 is 0 Å². The van der Waals surface area contributed by atoms with Crippen molar-refractivity contribution >= 4 is 11.7 Å². The first-order valence-corrected chi connectivity index (χ1v) is 9.97. The minimum Gasteiger partial charge on any atom is -0.352 e. The van der Waals surface area contributed by atoms with Crippen LogP contribution in [0.15, 0.2) is 42.7 Å². The SMILES string of the molecule is CC(C)c1nc2c(c(N(C)Cc3nccn3Cc3ccccc3)n1)CCNC2=O. The number of amides is 1. The summed E-state index contributed by atoms with van der Waals surface area (Å²) in [4.78, 5) is 28.4. The topological polar surface area (TPSA) is 75.9 Å². The molecule has 1 aromatic carbocycles. The van der Waals surface area contributed by atoms with E-state index in [1.54, 1.807) is 0 Å². The summed E-state index contributed by atoms with van der Waals surface area (Å²) in [6.45, 7) is 6.06. The molecule has 0 bridgehead atoms. The van der Waals surface area contributed by atoms with Crippen LogP contribution in [0.5, 0.6) is 0 Å². The number of imidazole rings is 1. The lowest BCUT2D eigenvalue weighted by molar-refractivity contribution is 0.0940. The van der Waals surface area contributed by atoms with Gasteiger partial charge in [-0.05, 0) is 12.0 Å². The number of carbonyl (C=O) groups is 1. The number of rotatable bonds is 6. The molecule has 29 heavy (non-hydrogen) atoms. The zero-order valence-electron chi connectivity index (χ0n) is 17.1. The second-order valence-corrected chi connectivity index (χ2v) is 7.71. The quantitative estimate of drug-likeness (QED) is 0.700. The Kier molecular flexibility index (Phi) is 5.29. The largest absolute Gasteiger partial charge is 0.352 e. The lowest BCUT2D eigenvalue weighted by Gasteiger charge is -2.26. The zero-order valence-corrected chi connectivity index (χ0v) is 17.1. The van der Waals surface area contributed by atoms with Crippen molar-refractivity contribution in [2.45, 2.75) is 39.3 Å². The van der Waals surface area contributed by atoms with Crippen LogP contribution in [0.25, 0.3) is 0 Å². The van der Waals surface area contributed by atoms with E-state index in [9.17, 15) is 4.79 Å². The van der Waals surface area contributed by atoms with Crippen molar-refractivity contribution in [3.8, 4) is 0 Å². The second-order valence-electron chi connectivity index (χ2n) is 7.71. The second kappa shape index (κ2) is 8.03. The van der Waals surface area contributed by atoms with Crippen molar-refractivity contribution in [3.63, 3.8) is 0 Å². The number of hydrogen-bond acceptors (Lipinski definition) is 5. The Morgan fingerprint density at radius 3 is 2.76 bits per heavy atom. The molecule has 3 aromatic rings. The fraction of sp³-hybridized carbons (Fsp3) is 0.364. The van der Waals surface area contributed by atoms with Crippen LogP contribution in [0, 0.1) is 0 Å². The molecule has 1 aliphatic rings. The summed E-state index contributed by atoms with van der Waals surface area (Å²) in [5.41, 5.74) is 2.65. The molecule has 2 aromatic heterocycles. The molecule has 0 saturated heterocycles. The molecular weight excluding hydrogens is 364 g/mol. The van der Waals surface area contributed by atoms with E-state index in [1.807, 2.05) is 51.5 Å². The monoisotopic (exact) mass is 390 g/mol. The number of nitrogens with one attached hydrogen (secondary N) is 1. The van der Waals surface area contributed by atoms with E-state index in [-0.39, 0.29) is 11.8 Å². The molecule has 0 saturated carbocycles. The number of hydrogen-bond donors (Lipinski definition) is 1. The minimum absolute atomic E-state index is 0.115. The molecule has 0 atom stereocenters. The Bertz CT molecular complexity index is 1010. The van der Waals surface area contributed by atoms with E-state index in [4.69, 9.17) is 4.98 Å². The summed E-state index contributed by atoms with van der Waals surface area (Å²) < 4.78 is 2.15. The summed E-state index contributed by atoms with van der Waals surface area (Å²) >= 11 is 0. The van der Waals surface area contributed by atoms with Crippen LogP contribution in [0.2, 0.25) is 0 Å². The molecule has 1 aliphatic heterocycles. The highest BCUT2D eigenvalue weighted by Gasteiger charge is 2.26. The highest BCUT2D eigenvalue weighted by molar-refractivity contribution is 5.96. The predicted octanol–water partition coefficient (Wildman–Crippen LogP) is 2.77. The van der Waals surface area contributed by atoms with Crippen molar-refractivity contribution in [2.75, 3.05) is 18.5 Å². The molecule has 1 amide bonds. The zero-order chi connectivity index (χ0) is 20.4. The molecular formula is C22H26N6O. The first kappa shape index (κ1) is 19.1. The van der Waals surface area contributed by atoms with E-state index in [0.29, 0.717) is 24.6 Å². The van der Waals surface area contributed by atoms with Gasteiger partial charge in [0.15, 0.2) is 0 Å². The molecule has 7 heteroatoms. The van der Waals surface area contributed by atoms with Crippen molar-refractivity contribution in [3.05, 3.63) is 71.2 Å². The van der Waals surface area contributed by atoms with Crippen LogP contribution in [-0.4, -0.2) is 39.0 Å². The number of aromatic nitrogens is 4. The number of anilines is 1. The van der Waals surface area contributed by atoms with Gasteiger partial charge in [-0.25, -0.2) is 15.0 Å². The molecule has 3 heterocycles. The molecule has 7 nitrogen and oxygen atoms in total. The van der Waals surface area contributed by atoms with E-state index in [2.05, 4.69) is 36.9 Å². The van der Waals surface area contributed by atoms with E-state index in [0.717, 1.165) is 30.2 Å². The maximum atomic E-state index is 12.4. The smallest absolute Gasteiger partial charge is 0.270 e. The summed E-state index contributed by atoms with van der Waals surface area (Å²) in [6.07, 6.45) is 4.56. The minimum atomic E-state index is -0.115. The van der Waals surface area contributed by atoms with Gasteiger partial charge in [0, 0.05) is 44.0 Å². The van der Waals surface area contributed by atoms with Crippen LogP contribution in [-0.2, 0) is 19.5 Å². The van der Waals surface area contributed by atoms with Gasteiger partial charge in [0.25, 0.3) is 5.91 Å². The third-order valence-corrected chi connectivity index (χ3v) is 5.13. The third kappa shape index (κ3) is 3.99. The van der Waals surface area contributed by atoms with Gasteiger partial charge in [0.05, 0.1) is 6.54 Å². The van der Waals surface area contributed by atoms with Gasteiger partial charge in [-0.3, -0.25) is 4.79 Å². The number of fused-ring (bicyclic) bond motifs is 1. The third-order valence-electron chi connectivity index (χ3n) is 5.13. The highest BCUT2D eigenvalue weighted by Crippen LogP contribution is 2.26. The van der Waals surface area contributed by atoms with Crippen LogP contribution < -0.4 is 10.2 Å². The van der Waals surface area contributed by atoms with Crippen molar-refractivity contribution in [1.29, 1.82) is 0 Å². The van der Waals surface area contributed by atoms with Gasteiger partial charge in [0.1, 0.15) is 23.2 Å². The Morgan fingerprint density at radius 2 is 2.00 bits per heavy atom. The average molecular weight is 390 g/mol. The molecule has 0 fully saturated rings. The van der Waals surface area contributed by atoms with Gasteiger partial charge in [-0.1, -0.05) is 44.2 Å². The first-order chi connectivity index (χ1) is 14.0. The van der Waals surface area contributed by atoms with Gasteiger partial charge < -0.3 is 14.8 Å². The fourth-order valence-corrected chi connectivity index (χ4v) is 3.57. The Balaban J connectivity index is 1.64.